The van der Waals surface area contributed by atoms with Gasteiger partial charge >= 0.3 is 5.97 Å². The molecule has 0 saturated heterocycles. The average Bonchev–Trinajstić information content (AvgIpc) is 3.86. The number of aliphatic carboxylic acids is 1. The first-order valence-corrected chi connectivity index (χ1v) is 26.5. The number of guanidine groups is 1. The van der Waals surface area contributed by atoms with Crippen LogP contribution in [0.5, 0.6) is 5.75 Å². The largest absolute Gasteiger partial charge is 0.508 e. The molecule has 74 heavy (non-hydrogen) atoms. The van der Waals surface area contributed by atoms with Crippen LogP contribution in [0.15, 0.2) is 41.8 Å². The Morgan fingerprint density at radius 1 is 0.622 bits per heavy atom. The van der Waals surface area contributed by atoms with Crippen molar-refractivity contribution in [1.29, 1.82) is 0 Å². The molecule has 0 aliphatic heterocycles. The smallest absolute Gasteiger partial charge is 0.328 e. The molecule has 0 fully saturated rings. The number of aliphatic hydroxyl groups excluding tert-OH is 1. The maximum atomic E-state index is 14.4. The predicted molar refractivity (Wildman–Crippen MR) is 283 cm³/mol. The van der Waals surface area contributed by atoms with Crippen LogP contribution in [0.1, 0.15) is 149 Å². The summed E-state index contributed by atoms with van der Waals surface area (Å²) in [6, 6.07) is -2.19. The number of nitrogens with one attached hydrogen (secondary N) is 8. The fourth-order valence-corrected chi connectivity index (χ4v) is 8.17. The van der Waals surface area contributed by atoms with Gasteiger partial charge in [0.15, 0.2) is 5.96 Å². The highest BCUT2D eigenvalue weighted by Gasteiger charge is 2.34. The molecule has 0 aliphatic rings. The number of benzene rings is 1. The van der Waals surface area contributed by atoms with Crippen molar-refractivity contribution in [3.05, 3.63) is 48.0 Å². The highest BCUT2D eigenvalue weighted by Crippen LogP contribution is 2.15. The van der Waals surface area contributed by atoms with Crippen molar-refractivity contribution in [3.63, 3.8) is 0 Å². The number of phenolic OH excluding ortho intramolecular Hbond substituents is 1. The lowest BCUT2D eigenvalue weighted by atomic mass is 9.99. The number of amides is 6. The highest BCUT2D eigenvalue weighted by molar-refractivity contribution is 5.97. The first-order chi connectivity index (χ1) is 35.3. The Hall–Kier alpha value is -6.29. The molecule has 22 nitrogen and oxygen atoms in total. The highest BCUT2D eigenvalue weighted by atomic mass is 16.4. The summed E-state index contributed by atoms with van der Waals surface area (Å²) in [6.45, 7) is 9.60. The number of nitrogens with zero attached hydrogens (tertiary/aromatic N) is 2. The number of phenols is 1. The Balaban J connectivity index is 2.26. The molecule has 1 aromatic heterocycles. The summed E-state index contributed by atoms with van der Waals surface area (Å²) in [5, 5.41) is 48.1. The Bertz CT molecular complexity index is 2000. The van der Waals surface area contributed by atoms with Gasteiger partial charge in [-0.1, -0.05) is 117 Å². The number of hydrogen-bond donors (Lipinski definition) is 13. The summed E-state index contributed by atoms with van der Waals surface area (Å²) in [5.41, 5.74) is 12.0. The molecule has 0 spiro atoms. The number of aromatic amines is 1. The molecule has 0 saturated carbocycles. The molecule has 6 atom stereocenters. The van der Waals surface area contributed by atoms with Crippen LogP contribution in [0.25, 0.3) is 0 Å². The van der Waals surface area contributed by atoms with E-state index < -0.39 is 78.4 Å². The van der Waals surface area contributed by atoms with E-state index >= 15 is 0 Å². The van der Waals surface area contributed by atoms with Crippen LogP contribution in [0, 0.1) is 11.8 Å². The maximum Gasteiger partial charge on any atom is 0.328 e. The van der Waals surface area contributed by atoms with Crippen molar-refractivity contribution in [2.75, 3.05) is 26.2 Å². The molecule has 416 valence electrons. The second kappa shape index (κ2) is 36.6. The molecule has 1 aromatic carbocycles. The lowest BCUT2D eigenvalue weighted by Crippen LogP contribution is -2.60. The third-order valence-corrected chi connectivity index (χ3v) is 12.2. The zero-order valence-corrected chi connectivity index (χ0v) is 44.4. The number of H-pyrrole nitrogens is 1. The van der Waals surface area contributed by atoms with Gasteiger partial charge in [-0.3, -0.25) is 33.8 Å². The third kappa shape index (κ3) is 27.7. The van der Waals surface area contributed by atoms with Crippen molar-refractivity contribution in [2.45, 2.75) is 186 Å². The molecule has 6 amide bonds. The fraction of sp³-hybridized carbons (Fsp3) is 0.673. The van der Waals surface area contributed by atoms with Crippen molar-refractivity contribution >= 4 is 47.4 Å². The van der Waals surface area contributed by atoms with Crippen molar-refractivity contribution < 1.29 is 48.9 Å². The minimum atomic E-state index is -1.69. The number of unbranched alkanes of at least 4 members (excludes halogenated alkanes) is 11. The standard InChI is InChI=1S/C52H88N12O10/c1-6-7-8-9-10-11-12-13-14-15-16-17-24-55-31-45(67)59-40(26-34(2)3)47(69)61-41(27-35(4)5)48(70)60-39(19-18-25-57-52(53)54)46(68)62-42(28-36-20-22-38(66)23-21-36)49(71)63-43(29-37-30-56-33-58-37)50(72)64-44(32-65)51(73)74/h20-23,30,33-35,39-44,55,65-66H,6-19,24-29,31-32H2,1-5H3,(H,56,58)(H,59,67)(H,60,70)(H,61,69)(H,62,68)(H,63,71)(H,64,72)(H,73,74)(H4,53,54,57)/t39-,40-,41-,42+,43-,44-/m0/s1. The number of aliphatic imine (C=N–C) groups is 1. The summed E-state index contributed by atoms with van der Waals surface area (Å²) < 4.78 is 0. The number of aromatic hydroxyl groups is 1. The first kappa shape index (κ1) is 63.8. The van der Waals surface area contributed by atoms with Gasteiger partial charge in [0.1, 0.15) is 42.0 Å². The molecule has 0 unspecified atom stereocenters. The number of imidazole rings is 1. The van der Waals surface area contributed by atoms with E-state index in [4.69, 9.17) is 11.5 Å². The van der Waals surface area contributed by atoms with E-state index in [-0.39, 0.29) is 74.6 Å². The van der Waals surface area contributed by atoms with Gasteiger partial charge < -0.3 is 69.0 Å². The number of carboxylic acid groups (broad SMARTS) is 1. The number of aliphatic hydroxyl groups is 1. The van der Waals surface area contributed by atoms with E-state index in [9.17, 15) is 48.9 Å². The second-order valence-corrected chi connectivity index (χ2v) is 19.9. The molecular formula is C52H88N12O10. The average molecular weight is 1040 g/mol. The van der Waals surface area contributed by atoms with Gasteiger partial charge in [0.25, 0.3) is 0 Å². The van der Waals surface area contributed by atoms with Gasteiger partial charge in [0.2, 0.25) is 35.4 Å². The Labute approximate surface area is 437 Å². The van der Waals surface area contributed by atoms with Crippen LogP contribution >= 0.6 is 0 Å². The predicted octanol–water partition coefficient (Wildman–Crippen LogP) is 2.32. The minimum absolute atomic E-state index is 0.000186. The summed E-state index contributed by atoms with van der Waals surface area (Å²) in [6.07, 6.45) is 17.7. The van der Waals surface area contributed by atoms with Gasteiger partial charge in [-0.15, -0.1) is 0 Å². The lowest BCUT2D eigenvalue weighted by molar-refractivity contribution is -0.143. The summed E-state index contributed by atoms with van der Waals surface area (Å²) in [5.74, 6) is -6.18. The van der Waals surface area contributed by atoms with Crippen LogP contribution in [-0.4, -0.2) is 135 Å². The van der Waals surface area contributed by atoms with E-state index in [1.165, 1.54) is 94.6 Å². The molecule has 0 aliphatic carbocycles. The van der Waals surface area contributed by atoms with Gasteiger partial charge in [-0.2, -0.15) is 0 Å². The van der Waals surface area contributed by atoms with E-state index in [0.29, 0.717) is 24.2 Å². The number of aromatic nitrogens is 2. The van der Waals surface area contributed by atoms with Crippen LogP contribution in [0.4, 0.5) is 0 Å². The van der Waals surface area contributed by atoms with Gasteiger partial charge in [-0.05, 0) is 68.2 Å². The van der Waals surface area contributed by atoms with E-state index in [0.717, 1.165) is 19.3 Å². The number of rotatable bonds is 40. The molecule has 0 radical (unpaired) electrons. The molecule has 2 aromatic rings. The number of nitrogens with two attached hydrogens (primary N) is 2. The van der Waals surface area contributed by atoms with Crippen LogP contribution in [0.3, 0.4) is 0 Å². The summed E-state index contributed by atoms with van der Waals surface area (Å²) >= 11 is 0. The normalized spacial score (nSPS) is 13.7. The molecule has 0 bridgehead atoms. The molecule has 1 heterocycles. The van der Waals surface area contributed by atoms with E-state index in [1.807, 2.05) is 27.7 Å². The molecule has 22 heteroatoms. The van der Waals surface area contributed by atoms with Gasteiger partial charge in [0.05, 0.1) is 19.5 Å². The van der Waals surface area contributed by atoms with Crippen molar-refractivity contribution in [2.24, 2.45) is 28.3 Å². The second-order valence-electron chi connectivity index (χ2n) is 19.9. The van der Waals surface area contributed by atoms with E-state index in [1.54, 1.807) is 0 Å². The Morgan fingerprint density at radius 3 is 1.59 bits per heavy atom. The molecule has 2 rings (SSSR count). The van der Waals surface area contributed by atoms with Gasteiger partial charge in [0, 0.05) is 31.3 Å². The number of carboxylic acids is 1. The first-order valence-electron chi connectivity index (χ1n) is 26.5. The third-order valence-electron chi connectivity index (χ3n) is 12.2. The van der Waals surface area contributed by atoms with Crippen molar-refractivity contribution in [1.82, 2.24) is 47.2 Å². The number of hydrogen-bond acceptors (Lipinski definition) is 12. The Morgan fingerprint density at radius 2 is 1.09 bits per heavy atom. The minimum Gasteiger partial charge on any atom is -0.508 e. The van der Waals surface area contributed by atoms with Crippen molar-refractivity contribution in [3.8, 4) is 5.75 Å². The lowest BCUT2D eigenvalue weighted by Gasteiger charge is -2.28. The molecule has 15 N–H and O–H groups in total. The van der Waals surface area contributed by atoms with Crippen LogP contribution < -0.4 is 48.7 Å². The zero-order chi connectivity index (χ0) is 54.8. The van der Waals surface area contributed by atoms with Crippen LogP contribution in [0.2, 0.25) is 0 Å². The fourth-order valence-electron chi connectivity index (χ4n) is 8.17. The summed E-state index contributed by atoms with van der Waals surface area (Å²) in [4.78, 5) is 106. The molecular weight excluding hydrogens is 953 g/mol. The Kier molecular flexibility index (Phi) is 31.6. The number of carbonyl (C=O) groups is 7. The van der Waals surface area contributed by atoms with E-state index in [2.05, 4.69) is 59.1 Å². The topological polar surface area (TPSA) is 357 Å². The quantitative estimate of drug-likeness (QED) is 0.0259. The number of carbonyl (C=O) groups excluding carboxylic acids is 6. The monoisotopic (exact) mass is 1040 g/mol. The summed E-state index contributed by atoms with van der Waals surface area (Å²) in [7, 11) is 0. The van der Waals surface area contributed by atoms with Crippen LogP contribution in [-0.2, 0) is 46.4 Å². The zero-order valence-electron chi connectivity index (χ0n) is 44.4. The maximum absolute atomic E-state index is 14.4. The van der Waals surface area contributed by atoms with Gasteiger partial charge in [-0.25, -0.2) is 9.78 Å². The SMILES string of the molecule is CCCCCCCCCCCCCCNCC(=O)N[C@@H](CC(C)C)C(=O)N[C@@H](CC(C)C)C(=O)N[C@@H](CCCN=C(N)N)C(=O)N[C@H](Cc1ccc(O)cc1)C(=O)N[C@@H](Cc1cnc[nH]1)C(=O)N[C@@H](CO)C(=O)O.